The second kappa shape index (κ2) is 2.08. The molecule has 2 nitrogen and oxygen atoms in total. The average molecular weight is 119 g/mol. The summed E-state index contributed by atoms with van der Waals surface area (Å²) in [4.78, 5) is 0. The van der Waals surface area contributed by atoms with Crippen molar-refractivity contribution in [1.29, 1.82) is 0 Å². The normalized spacial score (nSPS) is 40.3. The first-order valence-electron chi connectivity index (χ1n) is 2.47. The predicted molar refractivity (Wildman–Crippen MR) is 31.9 cm³/mol. The molecule has 0 spiro atoms. The molecule has 1 atom stereocenters. The lowest BCUT2D eigenvalue weighted by Crippen LogP contribution is -2.39. The summed E-state index contributed by atoms with van der Waals surface area (Å²) in [5.41, 5.74) is 0. The van der Waals surface area contributed by atoms with Crippen LogP contribution in [0.3, 0.4) is 0 Å². The third kappa shape index (κ3) is 1.12. The van der Waals surface area contributed by atoms with Crippen LogP contribution in [0.25, 0.3) is 0 Å². The number of hydrogen-bond donors (Lipinski definition) is 2. The summed E-state index contributed by atoms with van der Waals surface area (Å²) in [5.74, 6) is 0. The predicted octanol–water partition coefficient (Wildman–Crippen LogP) is -0.111. The Bertz CT molecular complexity index is 62.7. The molecule has 2 N–H and O–H groups in total. The smallest absolute Gasteiger partial charge is 0.0570 e. The van der Waals surface area contributed by atoms with Crippen LogP contribution in [0.2, 0.25) is 0 Å². The summed E-state index contributed by atoms with van der Waals surface area (Å²) in [6, 6.07) is 0.556. The van der Waals surface area contributed by atoms with Gasteiger partial charge in [0.15, 0.2) is 0 Å². The molecule has 3 heteroatoms. The van der Waals surface area contributed by atoms with E-state index in [4.69, 9.17) is 5.11 Å². The molecule has 1 rings (SSSR count). The molecule has 1 fully saturated rings. The minimum absolute atomic E-state index is 0.0296. The Labute approximate surface area is 45.6 Å². The maximum absolute atomic E-state index is 8.70. The van der Waals surface area contributed by atoms with E-state index in [1.54, 1.807) is 0 Å². The maximum Gasteiger partial charge on any atom is 0.0570 e. The largest absolute Gasteiger partial charge is 0.393 e. The van der Waals surface area contributed by atoms with Gasteiger partial charge in [-0.15, -0.1) is 0 Å². The standard InChI is InChI=1S/C4H10NOP/c6-4-1-3(2-4)5-7/h3-6H,1-2,7H2. The Morgan fingerprint density at radius 3 is 2.29 bits per heavy atom. The molecule has 0 heterocycles. The van der Waals surface area contributed by atoms with Crippen molar-refractivity contribution in [3.05, 3.63) is 0 Å². The first kappa shape index (κ1) is 5.49. The van der Waals surface area contributed by atoms with E-state index < -0.39 is 0 Å². The lowest BCUT2D eigenvalue weighted by atomic mass is 9.91. The summed E-state index contributed by atoms with van der Waals surface area (Å²) in [6.45, 7) is 0. The summed E-state index contributed by atoms with van der Waals surface area (Å²) >= 11 is 0. The van der Waals surface area contributed by atoms with Gasteiger partial charge in [0.25, 0.3) is 0 Å². The third-order valence-corrected chi connectivity index (χ3v) is 1.82. The number of aliphatic hydroxyl groups is 1. The summed E-state index contributed by atoms with van der Waals surface area (Å²) in [7, 11) is 2.45. The molecule has 1 unspecified atom stereocenters. The third-order valence-electron chi connectivity index (χ3n) is 1.35. The van der Waals surface area contributed by atoms with Crippen molar-refractivity contribution in [2.75, 3.05) is 0 Å². The zero-order chi connectivity index (χ0) is 5.28. The minimum atomic E-state index is -0.0296. The molecule has 0 aromatic heterocycles. The summed E-state index contributed by atoms with van der Waals surface area (Å²) in [6.07, 6.45) is 1.81. The Balaban J connectivity index is 2.06. The zero-order valence-electron chi connectivity index (χ0n) is 4.09. The Kier molecular flexibility index (Phi) is 1.63. The topological polar surface area (TPSA) is 32.3 Å². The lowest BCUT2D eigenvalue weighted by Gasteiger charge is -2.30. The molecule has 0 saturated heterocycles. The van der Waals surface area contributed by atoms with Crippen molar-refractivity contribution in [1.82, 2.24) is 5.09 Å². The molecular formula is C4H10NOP. The second-order valence-corrected chi connectivity index (χ2v) is 2.32. The molecule has 42 valence electrons. The van der Waals surface area contributed by atoms with Crippen LogP contribution < -0.4 is 5.09 Å². The van der Waals surface area contributed by atoms with Crippen molar-refractivity contribution in [3.63, 3.8) is 0 Å². The fourth-order valence-corrected chi connectivity index (χ4v) is 0.996. The van der Waals surface area contributed by atoms with E-state index in [1.807, 2.05) is 0 Å². The monoisotopic (exact) mass is 119 g/mol. The van der Waals surface area contributed by atoms with Gasteiger partial charge >= 0.3 is 0 Å². The van der Waals surface area contributed by atoms with Gasteiger partial charge in [0.2, 0.25) is 0 Å². The quantitative estimate of drug-likeness (QED) is 0.472. The van der Waals surface area contributed by atoms with Crippen LogP contribution in [0, 0.1) is 0 Å². The van der Waals surface area contributed by atoms with Crippen LogP contribution in [0.1, 0.15) is 12.8 Å². The van der Waals surface area contributed by atoms with E-state index >= 15 is 0 Å². The fourth-order valence-electron chi connectivity index (χ4n) is 0.724. The van der Waals surface area contributed by atoms with Crippen LogP contribution in [-0.2, 0) is 0 Å². The van der Waals surface area contributed by atoms with Crippen molar-refractivity contribution in [2.24, 2.45) is 0 Å². The Morgan fingerprint density at radius 1 is 1.57 bits per heavy atom. The first-order valence-corrected chi connectivity index (χ1v) is 3.05. The van der Waals surface area contributed by atoms with Gasteiger partial charge in [-0.3, -0.25) is 5.09 Å². The minimum Gasteiger partial charge on any atom is -0.393 e. The van der Waals surface area contributed by atoms with Crippen LogP contribution in [0.5, 0.6) is 0 Å². The molecule has 1 saturated carbocycles. The van der Waals surface area contributed by atoms with E-state index in [9.17, 15) is 0 Å². The van der Waals surface area contributed by atoms with Crippen LogP contribution in [0.4, 0.5) is 0 Å². The van der Waals surface area contributed by atoms with Gasteiger partial charge in [0.05, 0.1) is 6.10 Å². The number of nitrogens with one attached hydrogen (secondary N) is 1. The van der Waals surface area contributed by atoms with Gasteiger partial charge in [-0.05, 0) is 12.8 Å². The molecule has 0 aliphatic heterocycles. The fraction of sp³-hybridized carbons (Fsp3) is 1.00. The van der Waals surface area contributed by atoms with Gasteiger partial charge in [-0.2, -0.15) is 0 Å². The molecule has 1 aliphatic carbocycles. The SMILES string of the molecule is OC1CC(NP)C1. The molecule has 0 bridgehead atoms. The van der Waals surface area contributed by atoms with E-state index in [0.29, 0.717) is 6.04 Å². The summed E-state index contributed by atoms with van der Waals surface area (Å²) < 4.78 is 0. The highest BCUT2D eigenvalue weighted by molar-refractivity contribution is 7.13. The van der Waals surface area contributed by atoms with Crippen molar-refractivity contribution in [2.45, 2.75) is 25.0 Å². The molecule has 0 amide bonds. The van der Waals surface area contributed by atoms with Gasteiger partial charge in [0, 0.05) is 6.04 Å². The summed E-state index contributed by atoms with van der Waals surface area (Å²) in [5, 5.41) is 11.7. The van der Waals surface area contributed by atoms with E-state index in [2.05, 4.69) is 14.5 Å². The molecule has 7 heavy (non-hydrogen) atoms. The van der Waals surface area contributed by atoms with Crippen LogP contribution in [0.15, 0.2) is 0 Å². The highest BCUT2D eigenvalue weighted by atomic mass is 31.0. The Hall–Kier alpha value is 0.350. The van der Waals surface area contributed by atoms with Crippen molar-refractivity contribution in [3.8, 4) is 0 Å². The molecule has 0 radical (unpaired) electrons. The van der Waals surface area contributed by atoms with Crippen LogP contribution >= 0.6 is 9.39 Å². The number of rotatable bonds is 1. The van der Waals surface area contributed by atoms with E-state index in [-0.39, 0.29) is 6.10 Å². The highest BCUT2D eigenvalue weighted by Crippen LogP contribution is 2.19. The Morgan fingerprint density at radius 2 is 2.14 bits per heavy atom. The van der Waals surface area contributed by atoms with E-state index in [0.717, 1.165) is 12.8 Å². The zero-order valence-corrected chi connectivity index (χ0v) is 5.25. The highest BCUT2D eigenvalue weighted by Gasteiger charge is 2.24. The van der Waals surface area contributed by atoms with Gasteiger partial charge in [-0.1, -0.05) is 9.39 Å². The molecule has 0 aromatic rings. The average Bonchev–Trinajstić information content (AvgIpc) is 1.58. The van der Waals surface area contributed by atoms with Crippen molar-refractivity contribution < 1.29 is 5.11 Å². The van der Waals surface area contributed by atoms with Gasteiger partial charge < -0.3 is 5.11 Å². The lowest BCUT2D eigenvalue weighted by molar-refractivity contribution is 0.0721. The number of hydrogen-bond acceptors (Lipinski definition) is 2. The maximum atomic E-state index is 8.70. The molecule has 0 aromatic carbocycles. The van der Waals surface area contributed by atoms with Crippen LogP contribution in [-0.4, -0.2) is 17.3 Å². The molecule has 1 aliphatic rings. The van der Waals surface area contributed by atoms with Gasteiger partial charge in [0.1, 0.15) is 0 Å². The van der Waals surface area contributed by atoms with Crippen molar-refractivity contribution >= 4 is 9.39 Å². The van der Waals surface area contributed by atoms with E-state index in [1.165, 1.54) is 0 Å². The first-order chi connectivity index (χ1) is 3.33. The second-order valence-electron chi connectivity index (χ2n) is 1.99. The number of aliphatic hydroxyl groups excluding tert-OH is 1. The van der Waals surface area contributed by atoms with Gasteiger partial charge in [-0.25, -0.2) is 0 Å². The molecular weight excluding hydrogens is 109 g/mol.